The van der Waals surface area contributed by atoms with Crippen LogP contribution in [0.5, 0.6) is 5.75 Å². The molecular weight excluding hydrogens is 417 g/mol. The number of carbonyl (C=O) groups is 1. The molecule has 0 aliphatic rings. The molecule has 2 aromatic rings. The number of anilines is 1. The molecule has 0 saturated carbocycles. The summed E-state index contributed by atoms with van der Waals surface area (Å²) in [5, 5.41) is 15.2. The Labute approximate surface area is 155 Å². The van der Waals surface area contributed by atoms with Crippen molar-refractivity contribution < 1.29 is 18.8 Å². The van der Waals surface area contributed by atoms with E-state index in [1.807, 2.05) is 0 Å². The molecule has 0 saturated heterocycles. The molecule has 1 amide bonds. The third kappa shape index (κ3) is 5.76. The Hall–Kier alpha value is -2.59. The number of amides is 1. The molecular formula is C15H11BrFN3O4S. The van der Waals surface area contributed by atoms with E-state index in [2.05, 4.69) is 26.6 Å². The van der Waals surface area contributed by atoms with Crippen LogP contribution in [0.25, 0.3) is 0 Å². The normalized spacial score (nSPS) is 10.0. The van der Waals surface area contributed by atoms with Crippen LogP contribution in [0, 0.1) is 15.9 Å². The number of halogens is 2. The summed E-state index contributed by atoms with van der Waals surface area (Å²) in [6.07, 6.45) is 0. The zero-order valence-corrected chi connectivity index (χ0v) is 14.9. The minimum Gasteiger partial charge on any atom is -0.484 e. The molecule has 0 aromatic heterocycles. The average Bonchev–Trinajstić information content (AvgIpc) is 2.56. The van der Waals surface area contributed by atoms with Gasteiger partial charge in [-0.3, -0.25) is 20.2 Å². The number of nitrogens with zero attached hydrogens (tertiary/aromatic N) is 1. The maximum atomic E-state index is 13.6. The molecule has 0 atom stereocenters. The Bertz CT molecular complexity index is 817. The van der Waals surface area contributed by atoms with Crippen molar-refractivity contribution in [2.24, 2.45) is 0 Å². The Morgan fingerprint density at radius 1 is 1.28 bits per heavy atom. The first kappa shape index (κ1) is 18.7. The monoisotopic (exact) mass is 427 g/mol. The predicted octanol–water partition coefficient (Wildman–Crippen LogP) is 3.39. The van der Waals surface area contributed by atoms with E-state index in [4.69, 9.17) is 17.0 Å². The maximum absolute atomic E-state index is 13.6. The number of hydrogen-bond acceptors (Lipinski definition) is 5. The van der Waals surface area contributed by atoms with Crippen LogP contribution in [0.4, 0.5) is 15.8 Å². The fourth-order valence-electron chi connectivity index (χ4n) is 1.72. The lowest BCUT2D eigenvalue weighted by Gasteiger charge is -2.11. The Morgan fingerprint density at radius 2 is 1.96 bits per heavy atom. The lowest BCUT2D eigenvalue weighted by molar-refractivity contribution is -0.384. The summed E-state index contributed by atoms with van der Waals surface area (Å²) in [6, 6.07) is 9.79. The van der Waals surface area contributed by atoms with Gasteiger partial charge in [0.2, 0.25) is 0 Å². The van der Waals surface area contributed by atoms with Gasteiger partial charge in [0.1, 0.15) is 11.6 Å². The highest BCUT2D eigenvalue weighted by molar-refractivity contribution is 9.10. The van der Waals surface area contributed by atoms with E-state index < -0.39 is 16.6 Å². The molecule has 0 aliphatic carbocycles. The number of ether oxygens (including phenoxy) is 1. The first-order chi connectivity index (χ1) is 11.8. The van der Waals surface area contributed by atoms with Crippen LogP contribution in [0.2, 0.25) is 0 Å². The summed E-state index contributed by atoms with van der Waals surface area (Å²) in [4.78, 5) is 21.8. The summed E-state index contributed by atoms with van der Waals surface area (Å²) in [7, 11) is 0. The second kappa shape index (κ2) is 8.49. The first-order valence-electron chi connectivity index (χ1n) is 6.78. The van der Waals surface area contributed by atoms with Crippen molar-refractivity contribution in [3.8, 4) is 5.75 Å². The first-order valence-corrected chi connectivity index (χ1v) is 7.98. The van der Waals surface area contributed by atoms with Crippen molar-refractivity contribution in [2.75, 3.05) is 11.9 Å². The topological polar surface area (TPSA) is 93.5 Å². The molecule has 2 N–H and O–H groups in total. The van der Waals surface area contributed by atoms with Gasteiger partial charge in [0.25, 0.3) is 11.6 Å². The van der Waals surface area contributed by atoms with E-state index in [0.29, 0.717) is 5.75 Å². The smallest absolute Gasteiger partial charge is 0.271 e. The fourth-order valence-corrected chi connectivity index (χ4v) is 2.21. The number of non-ortho nitro benzene ring substituents is 1. The van der Waals surface area contributed by atoms with Crippen LogP contribution in [0.15, 0.2) is 46.9 Å². The number of hydrogen-bond donors (Lipinski definition) is 2. The van der Waals surface area contributed by atoms with Gasteiger partial charge in [-0.1, -0.05) is 15.9 Å². The molecule has 0 bridgehead atoms. The molecule has 0 radical (unpaired) electrons. The van der Waals surface area contributed by atoms with Gasteiger partial charge < -0.3 is 10.1 Å². The Morgan fingerprint density at radius 3 is 2.60 bits per heavy atom. The van der Waals surface area contributed by atoms with Crippen molar-refractivity contribution in [3.05, 3.63) is 62.9 Å². The van der Waals surface area contributed by atoms with Gasteiger partial charge in [-0.25, -0.2) is 4.39 Å². The van der Waals surface area contributed by atoms with Crippen LogP contribution in [-0.4, -0.2) is 22.5 Å². The second-order valence-corrected chi connectivity index (χ2v) is 5.99. The number of nitrogens with one attached hydrogen (secondary N) is 2. The minimum atomic E-state index is -0.742. The summed E-state index contributed by atoms with van der Waals surface area (Å²) in [5.74, 6) is -0.818. The molecule has 2 rings (SSSR count). The number of nitro benzene ring substituents is 1. The van der Waals surface area contributed by atoms with Crippen LogP contribution in [0.3, 0.4) is 0 Å². The van der Waals surface area contributed by atoms with Crippen LogP contribution >= 0.6 is 28.1 Å². The van der Waals surface area contributed by atoms with Crippen molar-refractivity contribution >= 4 is 50.5 Å². The summed E-state index contributed by atoms with van der Waals surface area (Å²) >= 11 is 8.16. The van der Waals surface area contributed by atoms with Crippen LogP contribution < -0.4 is 15.4 Å². The van der Waals surface area contributed by atoms with Gasteiger partial charge in [0, 0.05) is 16.6 Å². The van der Waals surface area contributed by atoms with Gasteiger partial charge in [-0.05, 0) is 42.5 Å². The van der Waals surface area contributed by atoms with E-state index in [0.717, 1.165) is 22.7 Å². The largest absolute Gasteiger partial charge is 0.484 e. The minimum absolute atomic E-state index is 0.205. The Balaban J connectivity index is 1.89. The van der Waals surface area contributed by atoms with Gasteiger partial charge in [-0.2, -0.15) is 0 Å². The molecule has 0 aliphatic heterocycles. The number of rotatable bonds is 5. The number of thiocarbonyl (C=S) groups is 1. The number of carbonyl (C=O) groups excluding carboxylic acids is 1. The van der Waals surface area contributed by atoms with Crippen molar-refractivity contribution in [1.29, 1.82) is 0 Å². The third-order valence-corrected chi connectivity index (χ3v) is 3.58. The standard InChI is InChI=1S/C15H11BrFN3O4S/c16-9-1-4-11(5-2-9)24-8-14(21)19-15(25)18-13-7-10(20(22)23)3-6-12(13)17/h1-7H,8H2,(H2,18,19,21,25). The predicted molar refractivity (Wildman–Crippen MR) is 97.1 cm³/mol. The summed E-state index contributed by atoms with van der Waals surface area (Å²) in [6.45, 7) is -0.305. The molecule has 0 heterocycles. The van der Waals surface area contributed by atoms with Crippen molar-refractivity contribution in [3.63, 3.8) is 0 Å². The Kier molecular flexibility index (Phi) is 6.37. The van der Waals surface area contributed by atoms with Crippen molar-refractivity contribution in [2.45, 2.75) is 0 Å². The van der Waals surface area contributed by atoms with Gasteiger partial charge in [0.15, 0.2) is 11.7 Å². The zero-order valence-electron chi connectivity index (χ0n) is 12.5. The van der Waals surface area contributed by atoms with E-state index in [1.54, 1.807) is 24.3 Å². The summed E-state index contributed by atoms with van der Waals surface area (Å²) in [5.41, 5.74) is -0.523. The maximum Gasteiger partial charge on any atom is 0.271 e. The zero-order chi connectivity index (χ0) is 18.4. The molecule has 0 spiro atoms. The number of nitro groups is 1. The molecule has 2 aromatic carbocycles. The van der Waals surface area contributed by atoms with Crippen molar-refractivity contribution in [1.82, 2.24) is 5.32 Å². The van der Waals surface area contributed by atoms with E-state index in [9.17, 15) is 19.3 Å². The van der Waals surface area contributed by atoms with E-state index in [1.165, 1.54) is 0 Å². The lowest BCUT2D eigenvalue weighted by Crippen LogP contribution is -2.37. The van der Waals surface area contributed by atoms with Crippen LogP contribution in [-0.2, 0) is 4.79 Å². The fraction of sp³-hybridized carbons (Fsp3) is 0.0667. The molecule has 25 heavy (non-hydrogen) atoms. The highest BCUT2D eigenvalue weighted by Crippen LogP contribution is 2.21. The van der Waals surface area contributed by atoms with Crippen LogP contribution in [0.1, 0.15) is 0 Å². The molecule has 7 nitrogen and oxygen atoms in total. The second-order valence-electron chi connectivity index (χ2n) is 4.67. The highest BCUT2D eigenvalue weighted by Gasteiger charge is 2.13. The summed E-state index contributed by atoms with van der Waals surface area (Å²) < 4.78 is 19.8. The third-order valence-electron chi connectivity index (χ3n) is 2.85. The quantitative estimate of drug-likeness (QED) is 0.431. The molecule has 0 fully saturated rings. The highest BCUT2D eigenvalue weighted by atomic mass is 79.9. The van der Waals surface area contributed by atoms with Gasteiger partial charge in [0.05, 0.1) is 10.6 Å². The molecule has 0 unspecified atom stereocenters. The van der Waals surface area contributed by atoms with Gasteiger partial charge in [-0.15, -0.1) is 0 Å². The molecule has 10 heteroatoms. The molecule has 130 valence electrons. The van der Waals surface area contributed by atoms with Gasteiger partial charge >= 0.3 is 0 Å². The van der Waals surface area contributed by atoms with E-state index in [-0.39, 0.29) is 23.1 Å². The van der Waals surface area contributed by atoms with E-state index >= 15 is 0 Å². The lowest BCUT2D eigenvalue weighted by atomic mass is 10.2. The number of benzene rings is 2. The SMILES string of the molecule is O=C(COc1ccc(Br)cc1)NC(=S)Nc1cc([N+](=O)[O-])ccc1F. The average molecular weight is 428 g/mol.